The summed E-state index contributed by atoms with van der Waals surface area (Å²) in [5.41, 5.74) is 2.26. The van der Waals surface area contributed by atoms with E-state index in [4.69, 9.17) is 9.16 Å². The Morgan fingerprint density at radius 2 is 1.61 bits per heavy atom. The predicted molar refractivity (Wildman–Crippen MR) is 139 cm³/mol. The summed E-state index contributed by atoms with van der Waals surface area (Å²) in [6, 6.07) is 0. The molecule has 0 aromatic heterocycles. The zero-order valence-corrected chi connectivity index (χ0v) is 24.2. The van der Waals surface area contributed by atoms with Gasteiger partial charge in [0.1, 0.15) is 5.78 Å². The van der Waals surface area contributed by atoms with Gasteiger partial charge in [0.25, 0.3) is 0 Å². The van der Waals surface area contributed by atoms with Crippen LogP contribution in [0.15, 0.2) is 11.6 Å². The van der Waals surface area contributed by atoms with Crippen LogP contribution in [0.25, 0.3) is 0 Å². The first-order chi connectivity index (χ1) is 15.2. The molecular formula is C29H50O3Si. The molecule has 0 N–H and O–H groups in total. The van der Waals surface area contributed by atoms with Crippen molar-refractivity contribution in [1.82, 2.24) is 0 Å². The Hall–Kier alpha value is -0.453. The summed E-state index contributed by atoms with van der Waals surface area (Å²) in [5.74, 6) is 2.02. The van der Waals surface area contributed by atoms with Crippen molar-refractivity contribution in [2.45, 2.75) is 123 Å². The standard InChI is InChI=1S/C29H50O3Si/c1-17(2)33(18(3)4,19(5)6)32-22-13-23-25-24(27(25,9)10)12-21(8)29(26(23)30)15-20(7)14-28(29,16-22)31-11/h15,17-19,21-25H,12-14,16H2,1-11H3/t21-,22+,23+,24-,25+,28-,29-/m1/s1. The average molecular weight is 475 g/mol. The van der Waals surface area contributed by atoms with E-state index in [1.54, 1.807) is 0 Å². The van der Waals surface area contributed by atoms with Crippen molar-refractivity contribution in [3.05, 3.63) is 11.6 Å². The molecule has 4 heteroatoms. The van der Waals surface area contributed by atoms with Crippen molar-refractivity contribution in [1.29, 1.82) is 0 Å². The normalized spacial score (nSPS) is 42.2. The summed E-state index contributed by atoms with van der Waals surface area (Å²) in [6.07, 6.45) is 6.20. The number of carbonyl (C=O) groups excluding carboxylic acids is 1. The molecule has 0 aromatic rings. The molecule has 188 valence electrons. The van der Waals surface area contributed by atoms with Crippen LogP contribution in [0.5, 0.6) is 0 Å². The lowest BCUT2D eigenvalue weighted by atomic mass is 9.60. The molecule has 0 amide bonds. The highest BCUT2D eigenvalue weighted by Crippen LogP contribution is 2.72. The minimum absolute atomic E-state index is 0.0947. The first kappa shape index (κ1) is 25.6. The number of hydrogen-bond acceptors (Lipinski definition) is 3. The van der Waals surface area contributed by atoms with E-state index < -0.39 is 19.3 Å². The number of Topliss-reactive ketones (excluding diaryl/α,β-unsaturated/α-hetero) is 1. The van der Waals surface area contributed by atoms with Crippen LogP contribution in [-0.2, 0) is 14.0 Å². The van der Waals surface area contributed by atoms with Crippen LogP contribution < -0.4 is 0 Å². The van der Waals surface area contributed by atoms with E-state index in [9.17, 15) is 4.79 Å². The molecule has 1 spiro atoms. The van der Waals surface area contributed by atoms with Crippen LogP contribution >= 0.6 is 0 Å². The number of carbonyl (C=O) groups is 1. The second-order valence-corrected chi connectivity index (χ2v) is 19.2. The first-order valence-electron chi connectivity index (χ1n) is 13.7. The summed E-state index contributed by atoms with van der Waals surface area (Å²) in [6.45, 7) is 23.6. The van der Waals surface area contributed by atoms with E-state index in [1.165, 1.54) is 5.57 Å². The molecule has 4 aliphatic carbocycles. The number of rotatable bonds is 6. The van der Waals surface area contributed by atoms with Gasteiger partial charge in [-0.3, -0.25) is 4.79 Å². The summed E-state index contributed by atoms with van der Waals surface area (Å²) < 4.78 is 14.0. The van der Waals surface area contributed by atoms with Crippen LogP contribution in [0.3, 0.4) is 0 Å². The number of methoxy groups -OCH3 is 1. The Morgan fingerprint density at radius 1 is 1.03 bits per heavy atom. The number of hydrogen-bond donors (Lipinski definition) is 0. The van der Waals surface area contributed by atoms with Crippen LogP contribution in [-0.4, -0.2) is 32.9 Å². The Kier molecular flexibility index (Phi) is 6.24. The van der Waals surface area contributed by atoms with Gasteiger partial charge in [0, 0.05) is 25.6 Å². The van der Waals surface area contributed by atoms with Gasteiger partial charge < -0.3 is 9.16 Å². The summed E-state index contributed by atoms with van der Waals surface area (Å²) in [4.78, 5) is 14.6. The number of fused-ring (bicyclic) bond motifs is 3. The summed E-state index contributed by atoms with van der Waals surface area (Å²) in [5, 5.41) is 0. The maximum absolute atomic E-state index is 14.6. The topological polar surface area (TPSA) is 35.5 Å². The SMILES string of the molecule is CO[C@@]12CC(C)=C[C@@]13C(=O)[C@@H](C[C@H](O[Si](C(C)C)(C(C)C)C(C)C)C2)[C@H]1[C@@H](C[C@H]3C)C1(C)C. The first-order valence-corrected chi connectivity index (χ1v) is 15.8. The Labute approximate surface area is 204 Å². The largest absolute Gasteiger partial charge is 0.413 e. The van der Waals surface area contributed by atoms with Gasteiger partial charge in [0.05, 0.1) is 11.0 Å². The third-order valence-electron chi connectivity index (χ3n) is 11.0. The Balaban J connectivity index is 1.84. The molecule has 3 fully saturated rings. The molecule has 0 heterocycles. The van der Waals surface area contributed by atoms with Crippen molar-refractivity contribution >= 4 is 14.1 Å². The smallest absolute Gasteiger partial charge is 0.200 e. The molecule has 0 saturated heterocycles. The summed E-state index contributed by atoms with van der Waals surface area (Å²) in [7, 11) is -0.210. The lowest BCUT2D eigenvalue weighted by molar-refractivity contribution is -0.156. The molecule has 0 aromatic carbocycles. The molecular weight excluding hydrogens is 424 g/mol. The lowest BCUT2D eigenvalue weighted by Crippen LogP contribution is -2.56. The zero-order valence-electron chi connectivity index (χ0n) is 23.2. The molecule has 3 nitrogen and oxygen atoms in total. The van der Waals surface area contributed by atoms with E-state index >= 15 is 0 Å². The fraction of sp³-hybridized carbons (Fsp3) is 0.897. The van der Waals surface area contributed by atoms with Gasteiger partial charge in [-0.1, -0.05) is 74.0 Å². The third kappa shape index (κ3) is 3.29. The predicted octanol–water partition coefficient (Wildman–Crippen LogP) is 7.56. The lowest BCUT2D eigenvalue weighted by Gasteiger charge is -2.49. The van der Waals surface area contributed by atoms with Gasteiger partial charge in [-0.15, -0.1) is 0 Å². The molecule has 7 atom stereocenters. The molecule has 4 aliphatic rings. The molecule has 0 radical (unpaired) electrons. The maximum Gasteiger partial charge on any atom is 0.200 e. The van der Waals surface area contributed by atoms with Crippen molar-refractivity contribution in [2.24, 2.45) is 34.5 Å². The fourth-order valence-corrected chi connectivity index (χ4v) is 15.3. The second-order valence-electron chi connectivity index (χ2n) is 13.8. The van der Waals surface area contributed by atoms with Gasteiger partial charge in [-0.25, -0.2) is 0 Å². The minimum Gasteiger partial charge on any atom is -0.413 e. The molecule has 33 heavy (non-hydrogen) atoms. The van der Waals surface area contributed by atoms with Gasteiger partial charge in [-0.05, 0) is 66.0 Å². The minimum atomic E-state index is -2.07. The van der Waals surface area contributed by atoms with E-state index in [2.05, 4.69) is 75.3 Å². The van der Waals surface area contributed by atoms with Crippen LogP contribution in [0, 0.1) is 34.5 Å². The zero-order chi connectivity index (χ0) is 24.7. The highest BCUT2D eigenvalue weighted by atomic mass is 28.4. The van der Waals surface area contributed by atoms with E-state index in [1.807, 2.05) is 7.11 Å². The van der Waals surface area contributed by atoms with Gasteiger partial charge in [-0.2, -0.15) is 0 Å². The van der Waals surface area contributed by atoms with Crippen molar-refractivity contribution < 1.29 is 14.0 Å². The van der Waals surface area contributed by atoms with E-state index in [0.717, 1.165) is 25.7 Å². The second kappa shape index (κ2) is 8.03. The quantitative estimate of drug-likeness (QED) is 0.294. The van der Waals surface area contributed by atoms with E-state index in [0.29, 0.717) is 40.2 Å². The summed E-state index contributed by atoms with van der Waals surface area (Å²) >= 11 is 0. The van der Waals surface area contributed by atoms with Crippen molar-refractivity contribution in [3.63, 3.8) is 0 Å². The fourth-order valence-electron chi connectivity index (χ4n) is 9.71. The van der Waals surface area contributed by atoms with Crippen LogP contribution in [0.1, 0.15) is 94.9 Å². The molecule has 4 rings (SSSR count). The van der Waals surface area contributed by atoms with Crippen LogP contribution in [0.2, 0.25) is 16.6 Å². The van der Waals surface area contributed by atoms with Crippen LogP contribution in [0.4, 0.5) is 0 Å². The van der Waals surface area contributed by atoms with Crippen molar-refractivity contribution in [2.75, 3.05) is 7.11 Å². The molecule has 0 aliphatic heterocycles. The van der Waals surface area contributed by atoms with E-state index in [-0.39, 0.29) is 17.4 Å². The maximum atomic E-state index is 14.6. The van der Waals surface area contributed by atoms with Gasteiger partial charge in [0.15, 0.2) is 0 Å². The van der Waals surface area contributed by atoms with Gasteiger partial charge in [0.2, 0.25) is 8.32 Å². The third-order valence-corrected chi connectivity index (χ3v) is 17.2. The molecule has 0 unspecified atom stereocenters. The Bertz CT molecular complexity index is 805. The monoisotopic (exact) mass is 474 g/mol. The molecule has 2 bridgehead atoms. The highest BCUT2D eigenvalue weighted by Gasteiger charge is 2.73. The average Bonchev–Trinajstić information content (AvgIpc) is 3.14. The number of ether oxygens (including phenoxy) is 1. The van der Waals surface area contributed by atoms with Crippen molar-refractivity contribution in [3.8, 4) is 0 Å². The van der Waals surface area contributed by atoms with Gasteiger partial charge >= 0.3 is 0 Å². The highest BCUT2D eigenvalue weighted by molar-refractivity contribution is 6.77. The number of ketones is 1. The Morgan fingerprint density at radius 3 is 2.12 bits per heavy atom. The molecule has 3 saturated carbocycles.